The molecular weight excluding hydrogens is 313 g/mol. The van der Waals surface area contributed by atoms with Crippen molar-refractivity contribution in [2.45, 2.75) is 6.10 Å². The monoisotopic (exact) mass is 323 g/mol. The highest BCUT2D eigenvalue weighted by Gasteiger charge is 2.17. The number of aliphatic hydroxyl groups is 2. The van der Waals surface area contributed by atoms with Crippen LogP contribution in [0.1, 0.15) is 10.4 Å². The number of hydrogen-bond donors (Lipinski definition) is 4. The maximum atomic E-state index is 11.1. The molecule has 0 bridgehead atoms. The molecule has 0 heterocycles. The van der Waals surface area contributed by atoms with Crippen LogP contribution in [0.4, 0.5) is 5.69 Å². The number of carboxylic acids is 1. The van der Waals surface area contributed by atoms with Crippen LogP contribution >= 0.6 is 27.5 Å². The molecule has 17 heavy (non-hydrogen) atoms. The fourth-order valence-corrected chi connectivity index (χ4v) is 1.78. The van der Waals surface area contributed by atoms with E-state index in [0.29, 0.717) is 10.2 Å². The highest BCUT2D eigenvalue weighted by molar-refractivity contribution is 9.10. The van der Waals surface area contributed by atoms with Gasteiger partial charge in [-0.2, -0.15) is 0 Å². The minimum Gasteiger partial charge on any atom is -0.478 e. The molecule has 1 unspecified atom stereocenters. The summed E-state index contributed by atoms with van der Waals surface area (Å²) < 4.78 is 0.477. The van der Waals surface area contributed by atoms with E-state index >= 15 is 0 Å². The van der Waals surface area contributed by atoms with Crippen molar-refractivity contribution in [3.63, 3.8) is 0 Å². The van der Waals surface area contributed by atoms with Gasteiger partial charge in [0, 0.05) is 11.0 Å². The first-order chi connectivity index (χ1) is 7.97. The highest BCUT2D eigenvalue weighted by atomic mass is 79.9. The molecule has 0 aliphatic carbocycles. The van der Waals surface area contributed by atoms with E-state index < -0.39 is 18.7 Å². The predicted octanol–water partition coefficient (Wildman–Crippen LogP) is 1.57. The van der Waals surface area contributed by atoms with Crippen molar-refractivity contribution in [1.29, 1.82) is 0 Å². The molecule has 7 heteroatoms. The van der Waals surface area contributed by atoms with Crippen molar-refractivity contribution in [2.75, 3.05) is 18.5 Å². The lowest BCUT2D eigenvalue weighted by Gasteiger charge is -2.13. The summed E-state index contributed by atoms with van der Waals surface area (Å²) in [6, 6.07) is 3.13. The fourth-order valence-electron chi connectivity index (χ4n) is 1.20. The van der Waals surface area contributed by atoms with Crippen LogP contribution in [0, 0.1) is 0 Å². The second-order valence-electron chi connectivity index (χ2n) is 3.31. The number of nitrogens with one attached hydrogen (secondary N) is 1. The maximum absolute atomic E-state index is 11.1. The molecule has 1 aromatic carbocycles. The van der Waals surface area contributed by atoms with E-state index in [4.69, 9.17) is 21.8 Å². The van der Waals surface area contributed by atoms with Crippen LogP contribution < -0.4 is 5.32 Å². The van der Waals surface area contributed by atoms with Gasteiger partial charge in [-0.05, 0) is 28.1 Å². The Kier molecular flexibility index (Phi) is 5.20. The Morgan fingerprint density at radius 1 is 1.53 bits per heavy atom. The Morgan fingerprint density at radius 2 is 2.18 bits per heavy atom. The van der Waals surface area contributed by atoms with E-state index in [1.807, 2.05) is 0 Å². The van der Waals surface area contributed by atoms with Crippen LogP contribution in [0.2, 0.25) is 5.02 Å². The molecule has 0 spiro atoms. The summed E-state index contributed by atoms with van der Waals surface area (Å²) >= 11 is 8.99. The lowest BCUT2D eigenvalue weighted by Crippen LogP contribution is -2.23. The molecule has 0 aromatic heterocycles. The van der Waals surface area contributed by atoms with E-state index in [1.54, 1.807) is 6.07 Å². The minimum absolute atomic E-state index is 0.0364. The van der Waals surface area contributed by atoms with E-state index in [2.05, 4.69) is 21.2 Å². The molecule has 0 aliphatic rings. The van der Waals surface area contributed by atoms with Gasteiger partial charge in [0.05, 0.1) is 23.4 Å². The fraction of sp³-hybridized carbons (Fsp3) is 0.300. The minimum atomic E-state index is -1.17. The lowest BCUT2D eigenvalue weighted by atomic mass is 10.1. The summed E-state index contributed by atoms with van der Waals surface area (Å²) in [5.74, 6) is -1.17. The number of halogens is 2. The zero-order valence-corrected chi connectivity index (χ0v) is 11.0. The Hall–Kier alpha value is -0.820. The largest absolute Gasteiger partial charge is 0.478 e. The van der Waals surface area contributed by atoms with E-state index in [1.165, 1.54) is 6.07 Å². The number of aromatic carboxylic acids is 1. The summed E-state index contributed by atoms with van der Waals surface area (Å²) in [7, 11) is 0. The van der Waals surface area contributed by atoms with Crippen molar-refractivity contribution < 1.29 is 20.1 Å². The molecule has 1 rings (SSSR count). The van der Waals surface area contributed by atoms with Crippen LogP contribution in [0.5, 0.6) is 0 Å². The number of rotatable bonds is 5. The quantitative estimate of drug-likeness (QED) is 0.660. The first-order valence-corrected chi connectivity index (χ1v) is 5.88. The average Bonchev–Trinajstić information content (AvgIpc) is 2.29. The van der Waals surface area contributed by atoms with Crippen molar-refractivity contribution in [3.05, 3.63) is 27.2 Å². The zero-order chi connectivity index (χ0) is 13.0. The van der Waals surface area contributed by atoms with Crippen LogP contribution in [-0.2, 0) is 0 Å². The number of benzene rings is 1. The van der Waals surface area contributed by atoms with Gasteiger partial charge in [0.15, 0.2) is 0 Å². The summed E-state index contributed by atoms with van der Waals surface area (Å²) in [6.07, 6.45) is -0.959. The van der Waals surface area contributed by atoms with Crippen LogP contribution in [0.15, 0.2) is 16.6 Å². The SMILES string of the molecule is O=C(O)c1c(NCC(O)CO)ccc(Br)c1Cl. The van der Waals surface area contributed by atoms with Crippen LogP contribution in [0.25, 0.3) is 0 Å². The van der Waals surface area contributed by atoms with Gasteiger partial charge in [-0.3, -0.25) is 0 Å². The van der Waals surface area contributed by atoms with Crippen LogP contribution in [0.3, 0.4) is 0 Å². The number of aliphatic hydroxyl groups excluding tert-OH is 2. The number of carbonyl (C=O) groups is 1. The van der Waals surface area contributed by atoms with Gasteiger partial charge in [0.2, 0.25) is 0 Å². The second-order valence-corrected chi connectivity index (χ2v) is 4.54. The first kappa shape index (κ1) is 14.2. The van der Waals surface area contributed by atoms with E-state index in [-0.39, 0.29) is 17.1 Å². The third kappa shape index (κ3) is 3.57. The summed E-state index contributed by atoms with van der Waals surface area (Å²) in [4.78, 5) is 11.1. The van der Waals surface area contributed by atoms with Gasteiger partial charge < -0.3 is 20.6 Å². The number of anilines is 1. The van der Waals surface area contributed by atoms with Gasteiger partial charge in [0.25, 0.3) is 0 Å². The average molecular weight is 325 g/mol. The molecule has 1 aromatic rings. The first-order valence-electron chi connectivity index (χ1n) is 4.71. The zero-order valence-electron chi connectivity index (χ0n) is 8.65. The molecule has 0 radical (unpaired) electrons. The lowest BCUT2D eigenvalue weighted by molar-refractivity contribution is 0.0697. The van der Waals surface area contributed by atoms with Crippen molar-refractivity contribution >= 4 is 39.2 Å². The van der Waals surface area contributed by atoms with Crippen LogP contribution in [-0.4, -0.2) is 40.5 Å². The normalized spacial score (nSPS) is 12.2. The molecule has 4 N–H and O–H groups in total. The molecular formula is C10H11BrClNO4. The van der Waals surface area contributed by atoms with Gasteiger partial charge >= 0.3 is 5.97 Å². The third-order valence-corrected chi connectivity index (χ3v) is 3.33. The highest BCUT2D eigenvalue weighted by Crippen LogP contribution is 2.31. The smallest absolute Gasteiger partial charge is 0.339 e. The molecule has 0 saturated carbocycles. The predicted molar refractivity (Wildman–Crippen MR) is 67.7 cm³/mol. The Morgan fingerprint density at radius 3 is 2.71 bits per heavy atom. The molecule has 1 atom stereocenters. The second kappa shape index (κ2) is 6.20. The number of carboxylic acid groups (broad SMARTS) is 1. The summed E-state index contributed by atoms with van der Waals surface area (Å²) in [6.45, 7) is -0.367. The molecule has 0 saturated heterocycles. The van der Waals surface area contributed by atoms with Gasteiger partial charge in [-0.15, -0.1) is 0 Å². The Bertz CT molecular complexity index is 427. The number of hydrogen-bond acceptors (Lipinski definition) is 4. The summed E-state index contributed by atoms with van der Waals surface area (Å²) in [5, 5.41) is 29.7. The van der Waals surface area contributed by atoms with E-state index in [0.717, 1.165) is 0 Å². The van der Waals surface area contributed by atoms with Gasteiger partial charge in [-0.1, -0.05) is 11.6 Å². The molecule has 5 nitrogen and oxygen atoms in total. The van der Waals surface area contributed by atoms with Crippen molar-refractivity contribution in [1.82, 2.24) is 0 Å². The van der Waals surface area contributed by atoms with Gasteiger partial charge in [-0.25, -0.2) is 4.79 Å². The Balaban J connectivity index is 2.99. The topological polar surface area (TPSA) is 89.8 Å². The molecule has 94 valence electrons. The third-order valence-electron chi connectivity index (χ3n) is 2.05. The molecule has 0 fully saturated rings. The van der Waals surface area contributed by atoms with Gasteiger partial charge in [0.1, 0.15) is 5.56 Å². The maximum Gasteiger partial charge on any atom is 0.339 e. The van der Waals surface area contributed by atoms with E-state index in [9.17, 15) is 9.90 Å². The standard InChI is InChI=1S/C10H11BrClNO4/c11-6-1-2-7(13-3-5(15)4-14)8(9(6)12)10(16)17/h1-2,5,13-15H,3-4H2,(H,16,17). The Labute approximate surface area is 111 Å². The van der Waals surface area contributed by atoms with Crippen molar-refractivity contribution in [2.24, 2.45) is 0 Å². The van der Waals surface area contributed by atoms with Crippen molar-refractivity contribution in [3.8, 4) is 0 Å². The molecule has 0 aliphatic heterocycles. The molecule has 0 amide bonds. The summed E-state index contributed by atoms with van der Waals surface area (Å²) in [5.41, 5.74) is 0.212.